The molecule has 2 rings (SSSR count). The molecule has 1 fully saturated rings. The number of rotatable bonds is 2. The van der Waals surface area contributed by atoms with Gasteiger partial charge in [0.25, 0.3) is 0 Å². The molecule has 1 aliphatic rings. The molecule has 1 aliphatic carbocycles. The Labute approximate surface area is 76.4 Å². The molecule has 68 valence electrons. The summed E-state index contributed by atoms with van der Waals surface area (Å²) in [6.07, 6.45) is 7.03. The van der Waals surface area contributed by atoms with Crippen LogP contribution in [0.1, 0.15) is 36.3 Å². The smallest absolute Gasteiger partial charge is 0.203 e. The van der Waals surface area contributed by atoms with Crippen molar-refractivity contribution in [3.8, 4) is 0 Å². The van der Waals surface area contributed by atoms with E-state index in [4.69, 9.17) is 0 Å². The summed E-state index contributed by atoms with van der Waals surface area (Å²) in [6, 6.07) is 0. The highest BCUT2D eigenvalue weighted by Gasteiger charge is 2.25. The molecule has 1 aromatic heterocycles. The minimum atomic E-state index is 0.0832. The average Bonchev–Trinajstić information content (AvgIpc) is 2.71. The molecule has 4 nitrogen and oxygen atoms in total. The van der Waals surface area contributed by atoms with Crippen molar-refractivity contribution in [1.82, 2.24) is 15.0 Å². The first-order valence-corrected chi connectivity index (χ1v) is 4.54. The van der Waals surface area contributed by atoms with E-state index in [0.29, 0.717) is 5.82 Å². The first kappa shape index (κ1) is 8.29. The number of aromatic nitrogens is 3. The Kier molecular flexibility index (Phi) is 2.29. The van der Waals surface area contributed by atoms with Crippen LogP contribution in [0.4, 0.5) is 0 Å². The molecule has 0 bridgehead atoms. The van der Waals surface area contributed by atoms with Crippen molar-refractivity contribution < 1.29 is 4.79 Å². The molecule has 4 heteroatoms. The minimum Gasteiger partial charge on any atom is -0.290 e. The third kappa shape index (κ3) is 1.71. The van der Waals surface area contributed by atoms with Gasteiger partial charge in [0.1, 0.15) is 12.7 Å². The van der Waals surface area contributed by atoms with Crippen LogP contribution in [0.5, 0.6) is 0 Å². The number of Topliss-reactive ketones (excluding diaryl/α,β-unsaturated/α-hetero) is 1. The van der Waals surface area contributed by atoms with Gasteiger partial charge in [-0.2, -0.15) is 0 Å². The molecule has 1 heterocycles. The largest absolute Gasteiger partial charge is 0.290 e. The maximum absolute atomic E-state index is 11.7. The van der Waals surface area contributed by atoms with E-state index in [0.717, 1.165) is 25.7 Å². The van der Waals surface area contributed by atoms with Gasteiger partial charge in [0.2, 0.25) is 5.78 Å². The lowest BCUT2D eigenvalue weighted by atomic mass is 10.0. The van der Waals surface area contributed by atoms with Crippen molar-refractivity contribution in [2.45, 2.75) is 25.7 Å². The fourth-order valence-electron chi connectivity index (χ4n) is 1.74. The van der Waals surface area contributed by atoms with Crippen molar-refractivity contribution in [1.29, 1.82) is 0 Å². The number of hydrogen-bond acceptors (Lipinski definition) is 4. The lowest BCUT2D eigenvalue weighted by Crippen LogP contribution is -2.14. The van der Waals surface area contributed by atoms with E-state index >= 15 is 0 Å². The number of carbonyl (C=O) groups excluding carboxylic acids is 1. The van der Waals surface area contributed by atoms with E-state index in [9.17, 15) is 4.79 Å². The van der Waals surface area contributed by atoms with Gasteiger partial charge in [0.15, 0.2) is 5.82 Å². The molecule has 0 saturated heterocycles. The number of ketones is 1. The fourth-order valence-corrected chi connectivity index (χ4v) is 1.74. The van der Waals surface area contributed by atoms with Crippen LogP contribution in [-0.2, 0) is 0 Å². The Morgan fingerprint density at radius 3 is 2.46 bits per heavy atom. The second-order valence-electron chi connectivity index (χ2n) is 3.31. The van der Waals surface area contributed by atoms with Crippen LogP contribution in [0.15, 0.2) is 12.7 Å². The summed E-state index contributed by atoms with van der Waals surface area (Å²) in [7, 11) is 0. The van der Waals surface area contributed by atoms with E-state index in [1.54, 1.807) is 0 Å². The number of carbonyl (C=O) groups is 1. The van der Waals surface area contributed by atoms with E-state index in [2.05, 4.69) is 15.0 Å². The Morgan fingerprint density at radius 2 is 1.85 bits per heavy atom. The van der Waals surface area contributed by atoms with E-state index in [1.165, 1.54) is 12.7 Å². The maximum Gasteiger partial charge on any atom is 0.203 e. The first-order valence-electron chi connectivity index (χ1n) is 4.54. The van der Waals surface area contributed by atoms with Crippen LogP contribution in [0, 0.1) is 5.92 Å². The van der Waals surface area contributed by atoms with Gasteiger partial charge in [-0.25, -0.2) is 15.0 Å². The van der Waals surface area contributed by atoms with Gasteiger partial charge in [-0.3, -0.25) is 4.79 Å². The highest BCUT2D eigenvalue weighted by atomic mass is 16.1. The van der Waals surface area contributed by atoms with Gasteiger partial charge < -0.3 is 0 Å². The molecule has 0 radical (unpaired) electrons. The maximum atomic E-state index is 11.7. The molecule has 0 spiro atoms. The molecular weight excluding hydrogens is 166 g/mol. The topological polar surface area (TPSA) is 55.7 Å². The molecule has 0 unspecified atom stereocenters. The summed E-state index contributed by atoms with van der Waals surface area (Å²) in [4.78, 5) is 23.1. The van der Waals surface area contributed by atoms with Crippen LogP contribution in [-0.4, -0.2) is 20.7 Å². The summed E-state index contributed by atoms with van der Waals surface area (Å²) >= 11 is 0. The van der Waals surface area contributed by atoms with E-state index in [1.807, 2.05) is 0 Å². The monoisotopic (exact) mass is 177 g/mol. The number of nitrogens with zero attached hydrogens (tertiary/aromatic N) is 3. The molecule has 13 heavy (non-hydrogen) atoms. The summed E-state index contributed by atoms with van der Waals surface area (Å²) < 4.78 is 0. The molecular formula is C9H11N3O. The zero-order chi connectivity index (χ0) is 9.10. The third-order valence-electron chi connectivity index (χ3n) is 2.44. The Morgan fingerprint density at radius 1 is 1.23 bits per heavy atom. The lowest BCUT2D eigenvalue weighted by Gasteiger charge is -2.04. The predicted octanol–water partition coefficient (Wildman–Crippen LogP) is 1.24. The average molecular weight is 177 g/mol. The third-order valence-corrected chi connectivity index (χ3v) is 2.44. The second-order valence-corrected chi connectivity index (χ2v) is 3.31. The van der Waals surface area contributed by atoms with Gasteiger partial charge in [0.05, 0.1) is 0 Å². The predicted molar refractivity (Wildman–Crippen MR) is 46.1 cm³/mol. The summed E-state index contributed by atoms with van der Waals surface area (Å²) in [5.41, 5.74) is 0. The summed E-state index contributed by atoms with van der Waals surface area (Å²) in [5.74, 6) is 0.559. The van der Waals surface area contributed by atoms with Crippen molar-refractivity contribution in [2.24, 2.45) is 5.92 Å². The zero-order valence-electron chi connectivity index (χ0n) is 7.31. The van der Waals surface area contributed by atoms with Crippen LogP contribution in [0.3, 0.4) is 0 Å². The minimum absolute atomic E-state index is 0.0832. The lowest BCUT2D eigenvalue weighted by molar-refractivity contribution is 0.0911. The molecule has 0 amide bonds. The molecule has 1 aromatic rings. The quantitative estimate of drug-likeness (QED) is 0.638. The van der Waals surface area contributed by atoms with E-state index < -0.39 is 0 Å². The number of hydrogen-bond donors (Lipinski definition) is 0. The fraction of sp³-hybridized carbons (Fsp3) is 0.556. The van der Waals surface area contributed by atoms with Gasteiger partial charge in [-0.05, 0) is 12.8 Å². The van der Waals surface area contributed by atoms with Crippen LogP contribution < -0.4 is 0 Å². The molecule has 1 saturated carbocycles. The SMILES string of the molecule is O=C(c1ncncn1)C1CCCC1. The van der Waals surface area contributed by atoms with Crippen LogP contribution >= 0.6 is 0 Å². The highest BCUT2D eigenvalue weighted by Crippen LogP contribution is 2.26. The van der Waals surface area contributed by atoms with Crippen LogP contribution in [0.25, 0.3) is 0 Å². The van der Waals surface area contributed by atoms with Gasteiger partial charge in [0, 0.05) is 5.92 Å². The van der Waals surface area contributed by atoms with Crippen molar-refractivity contribution >= 4 is 5.78 Å². The van der Waals surface area contributed by atoms with Gasteiger partial charge in [-0.1, -0.05) is 12.8 Å². The highest BCUT2D eigenvalue weighted by molar-refractivity contribution is 5.94. The first-order chi connectivity index (χ1) is 6.38. The van der Waals surface area contributed by atoms with Crippen molar-refractivity contribution in [3.63, 3.8) is 0 Å². The van der Waals surface area contributed by atoms with E-state index in [-0.39, 0.29) is 11.7 Å². The molecule has 0 aromatic carbocycles. The van der Waals surface area contributed by atoms with Gasteiger partial charge in [-0.15, -0.1) is 0 Å². The zero-order valence-corrected chi connectivity index (χ0v) is 7.31. The van der Waals surface area contributed by atoms with Crippen LogP contribution in [0.2, 0.25) is 0 Å². The summed E-state index contributed by atoms with van der Waals surface area (Å²) in [6.45, 7) is 0. The van der Waals surface area contributed by atoms with Gasteiger partial charge >= 0.3 is 0 Å². The van der Waals surface area contributed by atoms with Crippen molar-refractivity contribution in [3.05, 3.63) is 18.5 Å². The molecule has 0 N–H and O–H groups in total. The Bertz CT molecular complexity index is 293. The summed E-state index contributed by atoms with van der Waals surface area (Å²) in [5, 5.41) is 0. The second kappa shape index (κ2) is 3.60. The normalized spacial score (nSPS) is 17.5. The standard InChI is InChI=1S/C9H11N3O/c13-8(7-3-1-2-4-7)9-11-5-10-6-12-9/h5-7H,1-4H2. The Hall–Kier alpha value is -1.32. The molecule has 0 aliphatic heterocycles. The molecule has 0 atom stereocenters. The van der Waals surface area contributed by atoms with Crippen molar-refractivity contribution in [2.75, 3.05) is 0 Å². The Balaban J connectivity index is 2.13.